The van der Waals surface area contributed by atoms with Gasteiger partial charge in [0.2, 0.25) is 0 Å². The Bertz CT molecular complexity index is 224. The summed E-state index contributed by atoms with van der Waals surface area (Å²) in [5, 5.41) is 0. The van der Waals surface area contributed by atoms with Crippen LogP contribution in [0.3, 0.4) is 0 Å². The summed E-state index contributed by atoms with van der Waals surface area (Å²) in [5.41, 5.74) is -0.136. The van der Waals surface area contributed by atoms with Crippen LogP contribution >= 0.6 is 0 Å². The molecule has 1 aliphatic rings. The van der Waals surface area contributed by atoms with Crippen LogP contribution in [0.1, 0.15) is 26.7 Å². The van der Waals surface area contributed by atoms with E-state index in [4.69, 9.17) is 0 Å². The van der Waals surface area contributed by atoms with E-state index in [-0.39, 0.29) is 23.4 Å². The fourth-order valence-corrected chi connectivity index (χ4v) is 1.20. The van der Waals surface area contributed by atoms with E-state index in [1.54, 1.807) is 0 Å². The van der Waals surface area contributed by atoms with Gasteiger partial charge in [0.15, 0.2) is 5.78 Å². The summed E-state index contributed by atoms with van der Waals surface area (Å²) in [6.45, 7) is 3.92. The summed E-state index contributed by atoms with van der Waals surface area (Å²) in [7, 11) is 0. The highest BCUT2D eigenvalue weighted by Gasteiger charge is 2.23. The third-order valence-electron chi connectivity index (χ3n) is 1.74. The van der Waals surface area contributed by atoms with Crippen molar-refractivity contribution in [1.82, 2.24) is 0 Å². The molecule has 0 saturated carbocycles. The molecule has 0 aromatic rings. The van der Waals surface area contributed by atoms with Crippen LogP contribution in [0.15, 0.2) is 12.2 Å². The predicted octanol–water partition coefficient (Wildman–Crippen LogP) is 1.50. The van der Waals surface area contributed by atoms with Crippen molar-refractivity contribution in [1.29, 1.82) is 0 Å². The number of hydrogen-bond acceptors (Lipinski definition) is 2. The fourth-order valence-electron chi connectivity index (χ4n) is 1.20. The first-order valence-corrected chi connectivity index (χ1v) is 3.73. The topological polar surface area (TPSA) is 34.1 Å². The molecule has 0 N–H and O–H groups in total. The van der Waals surface area contributed by atoms with Crippen LogP contribution < -0.4 is 0 Å². The second kappa shape index (κ2) is 2.61. The van der Waals surface area contributed by atoms with Crippen molar-refractivity contribution in [2.75, 3.05) is 0 Å². The van der Waals surface area contributed by atoms with E-state index in [0.29, 0.717) is 6.42 Å². The zero-order valence-corrected chi connectivity index (χ0v) is 6.89. The number of ketones is 2. The minimum atomic E-state index is -0.136. The van der Waals surface area contributed by atoms with Gasteiger partial charge in [-0.25, -0.2) is 0 Å². The number of allylic oxidation sites excluding steroid dienone is 2. The van der Waals surface area contributed by atoms with E-state index in [0.717, 1.165) is 0 Å². The Morgan fingerprint density at radius 2 is 2.00 bits per heavy atom. The van der Waals surface area contributed by atoms with Crippen molar-refractivity contribution in [3.05, 3.63) is 12.2 Å². The van der Waals surface area contributed by atoms with Crippen molar-refractivity contribution in [2.45, 2.75) is 26.7 Å². The maximum atomic E-state index is 11.0. The highest BCUT2D eigenvalue weighted by Crippen LogP contribution is 2.25. The first kappa shape index (κ1) is 8.18. The SMILES string of the molecule is CC1(C)C=CC(=O)CC(=O)C1. The summed E-state index contributed by atoms with van der Waals surface area (Å²) in [6, 6.07) is 0. The average molecular weight is 152 g/mol. The Morgan fingerprint density at radius 3 is 2.64 bits per heavy atom. The smallest absolute Gasteiger partial charge is 0.162 e. The van der Waals surface area contributed by atoms with Gasteiger partial charge >= 0.3 is 0 Å². The van der Waals surface area contributed by atoms with Crippen molar-refractivity contribution in [3.63, 3.8) is 0 Å². The maximum Gasteiger partial charge on any atom is 0.162 e. The molecule has 0 amide bonds. The molecular weight excluding hydrogens is 140 g/mol. The number of Topliss-reactive ketones (excluding diaryl/α,β-unsaturated/α-hetero) is 1. The summed E-state index contributed by atoms with van der Waals surface area (Å²) < 4.78 is 0. The van der Waals surface area contributed by atoms with Gasteiger partial charge in [-0.05, 0) is 11.5 Å². The van der Waals surface area contributed by atoms with Gasteiger partial charge in [0.1, 0.15) is 5.78 Å². The summed E-state index contributed by atoms with van der Waals surface area (Å²) in [5.74, 6) is -0.0226. The highest BCUT2D eigenvalue weighted by atomic mass is 16.1. The van der Waals surface area contributed by atoms with Gasteiger partial charge in [0.25, 0.3) is 0 Å². The van der Waals surface area contributed by atoms with Crippen LogP contribution in [0.25, 0.3) is 0 Å². The lowest BCUT2D eigenvalue weighted by Gasteiger charge is -2.15. The molecule has 0 aromatic carbocycles. The van der Waals surface area contributed by atoms with E-state index in [9.17, 15) is 9.59 Å². The van der Waals surface area contributed by atoms with Crippen LogP contribution in [-0.4, -0.2) is 11.6 Å². The van der Waals surface area contributed by atoms with Gasteiger partial charge in [-0.1, -0.05) is 19.9 Å². The molecule has 0 bridgehead atoms. The molecule has 0 aromatic heterocycles. The van der Waals surface area contributed by atoms with Crippen LogP contribution in [0.2, 0.25) is 0 Å². The molecule has 0 spiro atoms. The minimum Gasteiger partial charge on any atom is -0.299 e. The lowest BCUT2D eigenvalue weighted by molar-refractivity contribution is -0.125. The molecule has 1 aliphatic carbocycles. The molecule has 1 rings (SSSR count). The third kappa shape index (κ3) is 2.30. The van der Waals surface area contributed by atoms with Gasteiger partial charge in [-0.3, -0.25) is 9.59 Å². The second-order valence-corrected chi connectivity index (χ2v) is 3.68. The van der Waals surface area contributed by atoms with Gasteiger partial charge in [-0.15, -0.1) is 0 Å². The van der Waals surface area contributed by atoms with E-state index in [1.807, 2.05) is 19.9 Å². The van der Waals surface area contributed by atoms with Crippen molar-refractivity contribution in [2.24, 2.45) is 5.41 Å². The standard InChI is InChI=1S/C9H12O2/c1-9(2)4-3-7(10)5-8(11)6-9/h3-4H,5-6H2,1-2H3. The van der Waals surface area contributed by atoms with Crippen molar-refractivity contribution in [3.8, 4) is 0 Å². The number of hydrogen-bond donors (Lipinski definition) is 0. The van der Waals surface area contributed by atoms with Gasteiger partial charge in [0, 0.05) is 6.42 Å². The summed E-state index contributed by atoms with van der Waals surface area (Å²) in [4.78, 5) is 21.9. The molecule has 0 radical (unpaired) electrons. The normalized spacial score (nSPS) is 23.5. The third-order valence-corrected chi connectivity index (χ3v) is 1.74. The first-order chi connectivity index (χ1) is 4.99. The van der Waals surface area contributed by atoms with Gasteiger partial charge < -0.3 is 0 Å². The van der Waals surface area contributed by atoms with Crippen LogP contribution in [0, 0.1) is 5.41 Å². The molecule has 0 unspecified atom stereocenters. The molecule has 0 atom stereocenters. The Balaban J connectivity index is 2.84. The molecule has 0 heterocycles. The Kier molecular flexibility index (Phi) is 1.94. The second-order valence-electron chi connectivity index (χ2n) is 3.68. The zero-order valence-electron chi connectivity index (χ0n) is 6.89. The maximum absolute atomic E-state index is 11.0. The van der Waals surface area contributed by atoms with Crippen molar-refractivity contribution >= 4 is 11.6 Å². The largest absolute Gasteiger partial charge is 0.299 e. The molecule has 11 heavy (non-hydrogen) atoms. The Labute approximate surface area is 66.3 Å². The highest BCUT2D eigenvalue weighted by molar-refractivity contribution is 6.05. The van der Waals surface area contributed by atoms with E-state index in [1.165, 1.54) is 6.08 Å². The van der Waals surface area contributed by atoms with Crippen LogP contribution in [0.4, 0.5) is 0 Å². The molecular formula is C9H12O2. The zero-order chi connectivity index (χ0) is 8.48. The molecule has 60 valence electrons. The number of carbonyl (C=O) groups excluding carboxylic acids is 2. The summed E-state index contributed by atoms with van der Waals surface area (Å²) in [6.07, 6.45) is 3.90. The van der Waals surface area contributed by atoms with Crippen LogP contribution in [0.5, 0.6) is 0 Å². The van der Waals surface area contributed by atoms with E-state index in [2.05, 4.69) is 0 Å². The molecule has 2 heteroatoms. The summed E-state index contributed by atoms with van der Waals surface area (Å²) >= 11 is 0. The van der Waals surface area contributed by atoms with E-state index < -0.39 is 0 Å². The molecule has 0 aliphatic heterocycles. The average Bonchev–Trinajstić information content (AvgIpc) is 1.90. The van der Waals surface area contributed by atoms with Crippen LogP contribution in [-0.2, 0) is 9.59 Å². The predicted molar refractivity (Wildman–Crippen MR) is 42.2 cm³/mol. The lowest BCUT2D eigenvalue weighted by atomic mass is 9.88. The van der Waals surface area contributed by atoms with Crippen molar-refractivity contribution < 1.29 is 9.59 Å². The van der Waals surface area contributed by atoms with E-state index >= 15 is 0 Å². The van der Waals surface area contributed by atoms with Gasteiger partial charge in [0.05, 0.1) is 6.42 Å². The number of carbonyl (C=O) groups is 2. The molecule has 0 saturated heterocycles. The Hall–Kier alpha value is -0.920. The number of rotatable bonds is 0. The fraction of sp³-hybridized carbons (Fsp3) is 0.556. The van der Waals surface area contributed by atoms with Gasteiger partial charge in [-0.2, -0.15) is 0 Å². The molecule has 2 nitrogen and oxygen atoms in total. The first-order valence-electron chi connectivity index (χ1n) is 3.73. The monoisotopic (exact) mass is 152 g/mol. The Morgan fingerprint density at radius 1 is 1.36 bits per heavy atom. The molecule has 0 fully saturated rings. The lowest BCUT2D eigenvalue weighted by Crippen LogP contribution is -2.12. The minimum absolute atomic E-state index is 0.0463. The quantitative estimate of drug-likeness (QED) is 0.493.